The Morgan fingerprint density at radius 3 is 2.00 bits per heavy atom. The second kappa shape index (κ2) is 14.3. The molecule has 1 unspecified atom stereocenters. The van der Waals surface area contributed by atoms with Crippen molar-refractivity contribution in [3.05, 3.63) is 151 Å². The Morgan fingerprint density at radius 2 is 1.29 bits per heavy atom. The molecule has 2 aliphatic rings. The number of fused-ring (bicyclic) bond motifs is 7. The van der Waals surface area contributed by atoms with E-state index in [-0.39, 0.29) is 37.3 Å². The number of benzene rings is 5. The number of ether oxygens (including phenoxy) is 1. The van der Waals surface area contributed by atoms with E-state index >= 15 is 0 Å². The van der Waals surface area contributed by atoms with Gasteiger partial charge in [0.1, 0.15) is 5.82 Å². The number of nitrogens with zero attached hydrogens (tertiary/aromatic N) is 4. The van der Waals surface area contributed by atoms with Crippen LogP contribution in [0.4, 0.5) is 22.7 Å². The zero-order valence-corrected chi connectivity index (χ0v) is 37.7. The van der Waals surface area contributed by atoms with E-state index in [0.29, 0.717) is 20.7 Å². The van der Waals surface area contributed by atoms with E-state index < -0.39 is 0 Å². The van der Waals surface area contributed by atoms with Crippen molar-refractivity contribution in [3.63, 3.8) is 0 Å². The smallest absolute Gasteiger partial charge is 0.225 e. The topological polar surface area (TPSA) is 27.1 Å². The Morgan fingerprint density at radius 1 is 0.621 bits per heavy atom. The molecule has 300 valence electrons. The first-order valence-corrected chi connectivity index (χ1v) is 20.9. The molecule has 1 fully saturated rings. The molecular weight excluding hydrogens is 892 g/mol. The summed E-state index contributed by atoms with van der Waals surface area (Å²) >= 11 is 0. The first-order chi connectivity index (χ1) is 27.4. The van der Waals surface area contributed by atoms with Gasteiger partial charge in [0.15, 0.2) is 12.4 Å². The van der Waals surface area contributed by atoms with Crippen molar-refractivity contribution >= 4 is 44.6 Å². The van der Waals surface area contributed by atoms with Crippen LogP contribution in [-0.2, 0) is 37.3 Å². The Kier molecular flexibility index (Phi) is 9.94. The van der Waals surface area contributed by atoms with Crippen LogP contribution in [0.2, 0.25) is 0 Å². The zero-order valence-electron chi connectivity index (χ0n) is 35.4. The summed E-state index contributed by atoms with van der Waals surface area (Å²) in [6.07, 6.45) is 6.10. The normalized spacial score (nSPS) is 18.6. The molecule has 5 nitrogen and oxygen atoms in total. The predicted molar refractivity (Wildman–Crippen MR) is 237 cm³/mol. The van der Waals surface area contributed by atoms with E-state index in [9.17, 15) is 0 Å². The Hall–Kier alpha value is -4.54. The summed E-state index contributed by atoms with van der Waals surface area (Å²) in [5, 5.41) is 2.29. The number of quaternary nitrogens is 2. The maximum Gasteiger partial charge on any atom is 0.225 e. The van der Waals surface area contributed by atoms with Crippen LogP contribution in [0.15, 0.2) is 115 Å². The molecular formula is C52H55N4OPt-. The number of pyridine rings is 1. The first-order valence-electron chi connectivity index (χ1n) is 20.9. The van der Waals surface area contributed by atoms with Gasteiger partial charge in [0.05, 0.1) is 5.69 Å². The van der Waals surface area contributed by atoms with Gasteiger partial charge in [0, 0.05) is 68.5 Å². The zero-order chi connectivity index (χ0) is 40.0. The number of hydrogen-bond donors (Lipinski definition) is 0. The van der Waals surface area contributed by atoms with Crippen molar-refractivity contribution < 1.29 is 25.8 Å². The average Bonchev–Trinajstić information content (AvgIpc) is 3.73. The third-order valence-corrected chi connectivity index (χ3v) is 14.0. The Balaban J connectivity index is 0.00000469. The van der Waals surface area contributed by atoms with Crippen LogP contribution in [0.5, 0.6) is 11.5 Å². The van der Waals surface area contributed by atoms with Gasteiger partial charge < -0.3 is 9.30 Å². The van der Waals surface area contributed by atoms with Gasteiger partial charge in [-0.05, 0) is 76.6 Å². The summed E-state index contributed by atoms with van der Waals surface area (Å²) < 4.78 is 10.4. The van der Waals surface area contributed by atoms with Crippen LogP contribution in [-0.4, -0.2) is 9.55 Å². The molecule has 58 heavy (non-hydrogen) atoms. The van der Waals surface area contributed by atoms with Crippen LogP contribution in [0.25, 0.3) is 27.6 Å². The third-order valence-electron chi connectivity index (χ3n) is 14.0. The molecule has 0 spiro atoms. The van der Waals surface area contributed by atoms with Gasteiger partial charge in [-0.15, -0.1) is 35.2 Å². The van der Waals surface area contributed by atoms with Crippen LogP contribution < -0.4 is 13.9 Å². The molecule has 2 aromatic heterocycles. The minimum atomic E-state index is -0.0370. The van der Waals surface area contributed by atoms with Crippen LogP contribution in [0.3, 0.4) is 0 Å². The standard InChI is InChI=1S/C52H55N4O.Pt/c1-10-51(8,11-2)37-27-28-53-49(32-37)54-45-22-15-14-21-43(45)44-26-25-41(34-46(44)54)57-42-31-38(52(9,12-3)13-4)30-40(33-42)56-35-55(56,47-23-16-17-24-48(47)56)39-20-18-19-36(29-39)50(5,6)7;/h14-32,35H,10-13H2,1-9H3;/q-1;/t55-,56?;/m0./s1. The van der Waals surface area contributed by atoms with Crippen molar-refractivity contribution in [3.8, 4) is 17.3 Å². The summed E-state index contributed by atoms with van der Waals surface area (Å²) in [7, 11) is 0. The molecule has 2 atom stereocenters. The fourth-order valence-electron chi connectivity index (χ4n) is 9.25. The fraction of sp³-hybridized carbons (Fsp3) is 0.308. The van der Waals surface area contributed by atoms with Crippen molar-refractivity contribution in [1.82, 2.24) is 18.7 Å². The van der Waals surface area contributed by atoms with Crippen LogP contribution >= 0.6 is 0 Å². The molecule has 5 aromatic carbocycles. The number of para-hydroxylation sites is 3. The van der Waals surface area contributed by atoms with Gasteiger partial charge in [0.25, 0.3) is 0 Å². The first kappa shape index (κ1) is 40.2. The maximum atomic E-state index is 6.95. The molecule has 0 saturated carbocycles. The van der Waals surface area contributed by atoms with E-state index in [1.807, 2.05) is 6.20 Å². The molecule has 0 N–H and O–H groups in total. The molecule has 7 aromatic rings. The Bertz CT molecular complexity index is 2680. The van der Waals surface area contributed by atoms with E-state index in [1.165, 1.54) is 39.1 Å². The molecule has 0 radical (unpaired) electrons. The number of hydrogen-bond acceptors (Lipinski definition) is 2. The summed E-state index contributed by atoms with van der Waals surface area (Å²) in [4.78, 5) is 4.95. The molecule has 0 aliphatic carbocycles. The van der Waals surface area contributed by atoms with Gasteiger partial charge in [-0.3, -0.25) is 0 Å². The van der Waals surface area contributed by atoms with Gasteiger partial charge in [-0.2, -0.15) is 10.7 Å². The van der Waals surface area contributed by atoms with Gasteiger partial charge >= 0.3 is 0 Å². The van der Waals surface area contributed by atoms with Gasteiger partial charge in [-0.25, -0.2) is 9.58 Å². The van der Waals surface area contributed by atoms with E-state index in [1.54, 1.807) is 0 Å². The summed E-state index contributed by atoms with van der Waals surface area (Å²) in [6.45, 7) is 23.2. The number of aromatic nitrogens is 2. The molecule has 0 bridgehead atoms. The molecule has 1 saturated heterocycles. The van der Waals surface area contributed by atoms with Crippen molar-refractivity contribution in [1.29, 1.82) is 0 Å². The SMILES string of the molecule is CCC(C)(CC)c1cc(Oc2[c-]c3c(cc2)c2ccccc2n3-c2cc(C(C)(CC)CC)ccn2)[c-]c([N+]23[CH-][N@+]2(c2cccc(C(C)(C)C)c2)c2ccccc23)c1.[Pt]. The van der Waals surface area contributed by atoms with Gasteiger partial charge in [0.2, 0.25) is 11.4 Å². The third kappa shape index (κ3) is 5.87. The van der Waals surface area contributed by atoms with Crippen molar-refractivity contribution in [2.75, 3.05) is 0 Å². The molecule has 6 heteroatoms. The minimum Gasteiger partial charge on any atom is -0.509 e. The molecule has 4 heterocycles. The molecule has 2 aliphatic heterocycles. The quantitative estimate of drug-likeness (QED) is 0.0734. The van der Waals surface area contributed by atoms with E-state index in [0.717, 1.165) is 53.6 Å². The number of rotatable bonds is 11. The minimum absolute atomic E-state index is 0. The van der Waals surface area contributed by atoms with E-state index in [4.69, 9.17) is 9.72 Å². The molecule has 9 rings (SSSR count). The average molecular weight is 947 g/mol. The van der Waals surface area contributed by atoms with Crippen molar-refractivity contribution in [2.45, 2.75) is 104 Å². The molecule has 0 amide bonds. The fourth-order valence-corrected chi connectivity index (χ4v) is 9.25. The van der Waals surface area contributed by atoms with Gasteiger partial charge in [-0.1, -0.05) is 116 Å². The summed E-state index contributed by atoms with van der Waals surface area (Å²) in [6, 6.07) is 47.5. The predicted octanol–water partition coefficient (Wildman–Crippen LogP) is 14.4. The second-order valence-electron chi connectivity index (χ2n) is 17.9. The Labute approximate surface area is 359 Å². The van der Waals surface area contributed by atoms with Crippen LogP contribution in [0.1, 0.15) is 105 Å². The summed E-state index contributed by atoms with van der Waals surface area (Å²) in [5.74, 6) is 2.25. The monoisotopic (exact) mass is 946 g/mol. The van der Waals surface area contributed by atoms with Crippen LogP contribution in [0, 0.1) is 18.8 Å². The van der Waals surface area contributed by atoms with E-state index in [2.05, 4.69) is 195 Å². The van der Waals surface area contributed by atoms with Crippen molar-refractivity contribution in [2.24, 2.45) is 0 Å². The maximum absolute atomic E-state index is 6.95. The second-order valence-corrected chi connectivity index (χ2v) is 17.9. The largest absolute Gasteiger partial charge is 0.509 e. The summed E-state index contributed by atoms with van der Waals surface area (Å²) in [5.41, 5.74) is 11.0.